The van der Waals surface area contributed by atoms with Crippen molar-refractivity contribution in [1.29, 1.82) is 0 Å². The second kappa shape index (κ2) is 3.65. The number of aromatic amines is 1. The van der Waals surface area contributed by atoms with E-state index in [9.17, 15) is 5.11 Å². The minimum Gasteiger partial charge on any atom is -0.460 e. The molecule has 5 heteroatoms. The first-order valence-electron chi connectivity index (χ1n) is 5.20. The molecule has 0 aliphatic carbocycles. The monoisotopic (exact) mass is 246 g/mol. The van der Waals surface area contributed by atoms with Gasteiger partial charge in [0.15, 0.2) is 4.77 Å². The highest BCUT2D eigenvalue weighted by Gasteiger charge is 2.25. The molecule has 0 saturated carbocycles. The largest absolute Gasteiger partial charge is 0.460 e. The zero-order chi connectivity index (χ0) is 12.0. The lowest BCUT2D eigenvalue weighted by molar-refractivity contribution is -0.0219. The Morgan fingerprint density at radius 1 is 1.47 bits per heavy atom. The van der Waals surface area contributed by atoms with Gasteiger partial charge in [-0.2, -0.15) is 0 Å². The number of nitrogens with one attached hydrogen (secondary N) is 1. The average molecular weight is 246 g/mol. The van der Waals surface area contributed by atoms with Crippen molar-refractivity contribution in [2.45, 2.75) is 13.2 Å². The van der Waals surface area contributed by atoms with Gasteiger partial charge in [0.25, 0.3) is 0 Å². The van der Waals surface area contributed by atoms with Gasteiger partial charge in [-0.1, -0.05) is 11.6 Å². The predicted octanol–water partition coefficient (Wildman–Crippen LogP) is 2.50. The molecule has 1 atom stereocenters. The molecule has 0 amide bonds. The van der Waals surface area contributed by atoms with Gasteiger partial charge in [0.1, 0.15) is 5.75 Å². The molecule has 2 N–H and O–H groups in total. The van der Waals surface area contributed by atoms with E-state index in [0.717, 1.165) is 16.8 Å². The SMILES string of the molecule is Cc1ccc2c(c1)-c1[nH]c(=S)ncc1C(O)O2. The third-order valence-electron chi connectivity index (χ3n) is 2.75. The molecule has 0 radical (unpaired) electrons. The number of aryl methyl sites for hydroxylation is 1. The second-order valence-corrected chi connectivity index (χ2v) is 4.38. The maximum Gasteiger partial charge on any atom is 0.227 e. The highest BCUT2D eigenvalue weighted by molar-refractivity contribution is 7.71. The summed E-state index contributed by atoms with van der Waals surface area (Å²) < 4.78 is 5.81. The van der Waals surface area contributed by atoms with E-state index in [0.29, 0.717) is 16.1 Å². The molecular weight excluding hydrogens is 236 g/mol. The van der Waals surface area contributed by atoms with Crippen LogP contribution in [-0.2, 0) is 0 Å². The van der Waals surface area contributed by atoms with Crippen molar-refractivity contribution < 1.29 is 9.84 Å². The molecule has 3 rings (SSSR count). The number of benzene rings is 1. The molecule has 0 saturated heterocycles. The smallest absolute Gasteiger partial charge is 0.227 e. The topological polar surface area (TPSA) is 58.1 Å². The summed E-state index contributed by atoms with van der Waals surface area (Å²) in [5.41, 5.74) is 3.41. The number of nitrogens with zero attached hydrogens (tertiary/aromatic N) is 1. The standard InChI is InChI=1S/C12H10N2O2S/c1-6-2-3-9-7(4-6)10-8(11(15)16-9)5-13-12(17)14-10/h2-5,11,15H,1H3,(H,13,14,17). The van der Waals surface area contributed by atoms with E-state index in [-0.39, 0.29) is 0 Å². The Hall–Kier alpha value is -1.72. The zero-order valence-electron chi connectivity index (χ0n) is 9.10. The first kappa shape index (κ1) is 10.4. The predicted molar refractivity (Wildman–Crippen MR) is 65.2 cm³/mol. The van der Waals surface area contributed by atoms with Gasteiger partial charge in [-0.15, -0.1) is 0 Å². The molecule has 4 nitrogen and oxygen atoms in total. The highest BCUT2D eigenvalue weighted by atomic mass is 32.1. The Balaban J connectivity index is 2.34. The summed E-state index contributed by atoms with van der Waals surface area (Å²) in [6.45, 7) is 2.00. The minimum absolute atomic E-state index is 0.394. The number of rotatable bonds is 0. The van der Waals surface area contributed by atoms with Gasteiger partial charge >= 0.3 is 0 Å². The lowest BCUT2D eigenvalue weighted by Gasteiger charge is -2.24. The fourth-order valence-electron chi connectivity index (χ4n) is 1.94. The first-order chi connectivity index (χ1) is 8.15. The van der Waals surface area contributed by atoms with E-state index in [2.05, 4.69) is 9.97 Å². The molecule has 1 aliphatic rings. The molecule has 1 unspecified atom stereocenters. The third-order valence-corrected chi connectivity index (χ3v) is 2.96. The van der Waals surface area contributed by atoms with Crippen LogP contribution < -0.4 is 4.74 Å². The van der Waals surface area contributed by atoms with Gasteiger partial charge in [0, 0.05) is 11.8 Å². The van der Waals surface area contributed by atoms with Gasteiger partial charge in [0.05, 0.1) is 11.3 Å². The van der Waals surface area contributed by atoms with Gasteiger partial charge < -0.3 is 14.8 Å². The van der Waals surface area contributed by atoms with Crippen molar-refractivity contribution in [3.63, 3.8) is 0 Å². The summed E-state index contributed by atoms with van der Waals surface area (Å²) in [6, 6.07) is 5.77. The number of hydrogen-bond acceptors (Lipinski definition) is 4. The Labute approximate surface area is 103 Å². The number of aliphatic hydroxyl groups is 1. The molecule has 0 spiro atoms. The lowest BCUT2D eigenvalue weighted by atomic mass is 10.0. The fourth-order valence-corrected chi connectivity index (χ4v) is 2.09. The molecule has 0 fully saturated rings. The van der Waals surface area contributed by atoms with E-state index in [4.69, 9.17) is 17.0 Å². The summed E-state index contributed by atoms with van der Waals surface area (Å²) in [4.78, 5) is 6.96. The number of hydrogen-bond donors (Lipinski definition) is 2. The molecule has 2 aromatic rings. The van der Waals surface area contributed by atoms with Crippen LogP contribution in [0.3, 0.4) is 0 Å². The van der Waals surface area contributed by atoms with Crippen LogP contribution in [0.5, 0.6) is 5.75 Å². The normalized spacial score (nSPS) is 16.9. The van der Waals surface area contributed by atoms with Crippen LogP contribution >= 0.6 is 12.2 Å². The minimum atomic E-state index is -1.00. The molecule has 1 aromatic carbocycles. The van der Waals surface area contributed by atoms with Crippen LogP contribution in [0.4, 0.5) is 0 Å². The van der Waals surface area contributed by atoms with Gasteiger partial charge in [-0.3, -0.25) is 0 Å². The van der Waals surface area contributed by atoms with Crippen molar-refractivity contribution >= 4 is 12.2 Å². The summed E-state index contributed by atoms with van der Waals surface area (Å²) >= 11 is 5.01. The molecule has 17 heavy (non-hydrogen) atoms. The van der Waals surface area contributed by atoms with Crippen LogP contribution in [0.1, 0.15) is 17.4 Å². The number of H-pyrrole nitrogens is 1. The maximum absolute atomic E-state index is 9.85. The number of fused-ring (bicyclic) bond motifs is 3. The van der Waals surface area contributed by atoms with Gasteiger partial charge in [-0.25, -0.2) is 4.98 Å². The van der Waals surface area contributed by atoms with E-state index in [1.54, 1.807) is 6.20 Å². The Bertz CT molecular complexity index is 651. The zero-order valence-corrected chi connectivity index (χ0v) is 9.91. The molecular formula is C12H10N2O2S. The van der Waals surface area contributed by atoms with Crippen molar-refractivity contribution in [1.82, 2.24) is 9.97 Å². The van der Waals surface area contributed by atoms with Crippen LogP contribution in [0.15, 0.2) is 24.4 Å². The Morgan fingerprint density at radius 3 is 3.12 bits per heavy atom. The van der Waals surface area contributed by atoms with Crippen molar-refractivity contribution in [2.24, 2.45) is 0 Å². The van der Waals surface area contributed by atoms with Crippen molar-refractivity contribution in [3.8, 4) is 17.0 Å². The van der Waals surface area contributed by atoms with E-state index < -0.39 is 6.29 Å². The fraction of sp³-hybridized carbons (Fsp3) is 0.167. The van der Waals surface area contributed by atoms with Crippen LogP contribution in [0, 0.1) is 11.7 Å². The highest BCUT2D eigenvalue weighted by Crippen LogP contribution is 2.40. The lowest BCUT2D eigenvalue weighted by Crippen LogP contribution is -2.15. The first-order valence-corrected chi connectivity index (χ1v) is 5.61. The molecule has 1 aliphatic heterocycles. The molecule has 86 valence electrons. The maximum atomic E-state index is 9.85. The van der Waals surface area contributed by atoms with Crippen LogP contribution in [0.25, 0.3) is 11.3 Å². The average Bonchev–Trinajstić information content (AvgIpc) is 2.30. The van der Waals surface area contributed by atoms with Gasteiger partial charge in [0.2, 0.25) is 6.29 Å². The quantitative estimate of drug-likeness (QED) is 0.701. The van der Waals surface area contributed by atoms with E-state index in [1.165, 1.54) is 0 Å². The summed E-state index contributed by atoms with van der Waals surface area (Å²) in [6.07, 6.45) is 0.545. The molecule has 1 aromatic heterocycles. The second-order valence-electron chi connectivity index (χ2n) is 3.99. The van der Waals surface area contributed by atoms with Crippen molar-refractivity contribution in [3.05, 3.63) is 40.3 Å². The van der Waals surface area contributed by atoms with Crippen LogP contribution in [-0.4, -0.2) is 15.1 Å². The molecule has 0 bridgehead atoms. The summed E-state index contributed by atoms with van der Waals surface area (Å²) in [5.74, 6) is 0.646. The number of ether oxygens (including phenoxy) is 1. The van der Waals surface area contributed by atoms with Crippen molar-refractivity contribution in [2.75, 3.05) is 0 Å². The van der Waals surface area contributed by atoms with E-state index >= 15 is 0 Å². The summed E-state index contributed by atoms with van der Waals surface area (Å²) in [5, 5.41) is 9.85. The number of aliphatic hydroxyl groups excluding tert-OH is 1. The number of aromatic nitrogens is 2. The Morgan fingerprint density at radius 2 is 2.29 bits per heavy atom. The third kappa shape index (κ3) is 1.64. The van der Waals surface area contributed by atoms with Gasteiger partial charge in [-0.05, 0) is 31.3 Å². The molecule has 2 heterocycles. The van der Waals surface area contributed by atoms with E-state index in [1.807, 2.05) is 25.1 Å². The van der Waals surface area contributed by atoms with Crippen LogP contribution in [0.2, 0.25) is 0 Å². The Kier molecular flexibility index (Phi) is 2.24. The summed E-state index contributed by atoms with van der Waals surface area (Å²) in [7, 11) is 0.